The molecule has 3 N–H and O–H groups in total. The van der Waals surface area contributed by atoms with Crippen molar-refractivity contribution in [3.05, 3.63) is 59.4 Å². The second-order valence-corrected chi connectivity index (χ2v) is 8.97. The Morgan fingerprint density at radius 1 is 1.14 bits per heavy atom. The maximum atomic E-state index is 13.3. The molecule has 9 nitrogen and oxygen atoms in total. The fourth-order valence-corrected chi connectivity index (χ4v) is 4.57. The zero-order valence-electron chi connectivity index (χ0n) is 20.4. The first-order valence-corrected chi connectivity index (χ1v) is 12.1. The van der Waals surface area contributed by atoms with E-state index in [2.05, 4.69) is 16.0 Å². The van der Waals surface area contributed by atoms with E-state index in [0.717, 1.165) is 0 Å². The lowest BCUT2D eigenvalue weighted by Crippen LogP contribution is -2.53. The second-order valence-electron chi connectivity index (χ2n) is 8.97. The number of nitrogens with one attached hydrogen (secondary N) is 3. The zero-order valence-corrected chi connectivity index (χ0v) is 20.4. The fraction of sp³-hybridized carbons (Fsp3) is 0.423. The number of rotatable bonds is 6. The van der Waals surface area contributed by atoms with Crippen molar-refractivity contribution in [2.45, 2.75) is 51.0 Å². The topological polar surface area (TPSA) is 109 Å². The molecule has 10 heteroatoms. The van der Waals surface area contributed by atoms with Gasteiger partial charge >= 0.3 is 6.03 Å². The largest absolute Gasteiger partial charge is 0.490 e. The number of likely N-dealkylation sites (N-methyl/N-ethyl adjacent to an activating group) is 1. The van der Waals surface area contributed by atoms with E-state index in [4.69, 9.17) is 9.47 Å². The van der Waals surface area contributed by atoms with Crippen LogP contribution in [0.15, 0.2) is 42.5 Å². The molecule has 4 amide bonds. The molecule has 0 spiro atoms. The number of carbonyl (C=O) groups is 3. The van der Waals surface area contributed by atoms with Crippen LogP contribution < -0.4 is 20.7 Å². The van der Waals surface area contributed by atoms with E-state index in [0.29, 0.717) is 42.0 Å². The quantitative estimate of drug-likeness (QED) is 0.567. The Hall–Kier alpha value is -3.66. The molecule has 0 unspecified atom stereocenters. The maximum absolute atomic E-state index is 13.3. The minimum atomic E-state index is -0.394. The molecule has 2 aromatic carbocycles. The number of urea groups is 1. The summed E-state index contributed by atoms with van der Waals surface area (Å²) in [4.78, 5) is 39.3. The number of nitrogens with zero attached hydrogens (tertiary/aromatic N) is 1. The zero-order chi connectivity index (χ0) is 25.7. The summed E-state index contributed by atoms with van der Waals surface area (Å²) in [6.45, 7) is 2.77. The van der Waals surface area contributed by atoms with Crippen LogP contribution in [0.2, 0.25) is 0 Å². The molecule has 2 aliphatic heterocycles. The molecular weight excluding hydrogens is 467 g/mol. The standard InChI is InChI=1S/C26H31FN4O5/c1-3-28-26(34)30-18-7-10-22-20(12-18)25(33)31(2)21-9-8-19(36-23(21)15-35-22)13-24(32)29-14-16-5-4-6-17(27)11-16/h4-7,10-12,19,21,23H,3,8-9,13-15H2,1-2H3,(H,29,32)(H2,28,30,34)/t19-,21+,23-/m0/s1. The highest BCUT2D eigenvalue weighted by atomic mass is 19.1. The third-order valence-corrected chi connectivity index (χ3v) is 6.40. The van der Waals surface area contributed by atoms with Crippen molar-refractivity contribution in [3.8, 4) is 5.75 Å². The van der Waals surface area contributed by atoms with Gasteiger partial charge in [-0.15, -0.1) is 0 Å². The van der Waals surface area contributed by atoms with Crippen molar-refractivity contribution in [1.29, 1.82) is 0 Å². The Morgan fingerprint density at radius 2 is 1.97 bits per heavy atom. The normalized spacial score (nSPS) is 21.2. The third-order valence-electron chi connectivity index (χ3n) is 6.40. The van der Waals surface area contributed by atoms with Crippen LogP contribution in [0.1, 0.15) is 42.1 Å². The molecule has 192 valence electrons. The van der Waals surface area contributed by atoms with Crippen molar-refractivity contribution in [2.24, 2.45) is 0 Å². The second kappa shape index (κ2) is 11.4. The molecule has 4 rings (SSSR count). The summed E-state index contributed by atoms with van der Waals surface area (Å²) < 4.78 is 25.5. The van der Waals surface area contributed by atoms with Crippen molar-refractivity contribution in [1.82, 2.24) is 15.5 Å². The molecule has 0 bridgehead atoms. The Balaban J connectivity index is 1.37. The first-order valence-electron chi connectivity index (χ1n) is 12.1. The first kappa shape index (κ1) is 25.4. The molecule has 0 saturated carbocycles. The van der Waals surface area contributed by atoms with E-state index in [1.807, 2.05) is 6.92 Å². The first-order chi connectivity index (χ1) is 17.3. The van der Waals surface area contributed by atoms with E-state index in [1.165, 1.54) is 12.1 Å². The fourth-order valence-electron chi connectivity index (χ4n) is 4.57. The highest BCUT2D eigenvalue weighted by Gasteiger charge is 2.39. The number of ether oxygens (including phenoxy) is 2. The lowest BCUT2D eigenvalue weighted by Gasteiger charge is -2.42. The van der Waals surface area contributed by atoms with Gasteiger partial charge in [0.05, 0.1) is 24.1 Å². The summed E-state index contributed by atoms with van der Waals surface area (Å²) in [6, 6.07) is 10.5. The van der Waals surface area contributed by atoms with Crippen LogP contribution in [-0.4, -0.2) is 61.2 Å². The number of hydrogen-bond acceptors (Lipinski definition) is 5. The van der Waals surface area contributed by atoms with E-state index >= 15 is 0 Å². The molecule has 2 heterocycles. The van der Waals surface area contributed by atoms with Gasteiger partial charge < -0.3 is 30.3 Å². The van der Waals surface area contributed by atoms with Crippen molar-refractivity contribution >= 4 is 23.5 Å². The highest BCUT2D eigenvalue weighted by molar-refractivity contribution is 5.99. The number of benzene rings is 2. The van der Waals surface area contributed by atoms with E-state index < -0.39 is 6.10 Å². The lowest BCUT2D eigenvalue weighted by molar-refractivity contribution is -0.134. The molecule has 0 aliphatic carbocycles. The van der Waals surface area contributed by atoms with Gasteiger partial charge in [0.2, 0.25) is 5.91 Å². The predicted molar refractivity (Wildman–Crippen MR) is 131 cm³/mol. The summed E-state index contributed by atoms with van der Waals surface area (Å²) in [7, 11) is 1.73. The average molecular weight is 499 g/mol. The van der Waals surface area contributed by atoms with E-state index in [9.17, 15) is 18.8 Å². The van der Waals surface area contributed by atoms with Gasteiger partial charge in [-0.25, -0.2) is 9.18 Å². The molecule has 2 aliphatic rings. The Bertz CT molecular complexity index is 1130. The maximum Gasteiger partial charge on any atom is 0.319 e. The van der Waals surface area contributed by atoms with Gasteiger partial charge in [0, 0.05) is 25.8 Å². The predicted octanol–water partition coefficient (Wildman–Crippen LogP) is 3.05. The summed E-state index contributed by atoms with van der Waals surface area (Å²) in [6.07, 6.45) is 0.729. The molecular formula is C26H31FN4O5. The van der Waals surface area contributed by atoms with Gasteiger partial charge in [-0.2, -0.15) is 0 Å². The number of anilines is 1. The van der Waals surface area contributed by atoms with Crippen LogP contribution in [0.5, 0.6) is 5.75 Å². The monoisotopic (exact) mass is 498 g/mol. The Morgan fingerprint density at radius 3 is 2.75 bits per heavy atom. The van der Waals surface area contributed by atoms with Gasteiger partial charge in [-0.1, -0.05) is 12.1 Å². The number of hydrogen-bond donors (Lipinski definition) is 3. The van der Waals surface area contributed by atoms with Crippen molar-refractivity contribution < 1.29 is 28.2 Å². The minimum absolute atomic E-state index is 0.168. The Kier molecular flexibility index (Phi) is 8.04. The molecule has 0 aromatic heterocycles. The van der Waals surface area contributed by atoms with Gasteiger partial charge in [0.15, 0.2) is 0 Å². The van der Waals surface area contributed by atoms with E-state index in [1.54, 1.807) is 42.3 Å². The van der Waals surface area contributed by atoms with Crippen LogP contribution in [0, 0.1) is 5.82 Å². The highest BCUT2D eigenvalue weighted by Crippen LogP contribution is 2.32. The number of amides is 4. The average Bonchev–Trinajstić information content (AvgIpc) is 2.85. The molecule has 1 fully saturated rings. The molecule has 1 saturated heterocycles. The molecule has 2 aromatic rings. The SMILES string of the molecule is CCNC(=O)Nc1ccc2c(c1)C(=O)N(C)[C@@H]1CC[C@@H](CC(=O)NCc3cccc(F)c3)O[C@H]1CO2. The van der Waals surface area contributed by atoms with Crippen LogP contribution in [0.4, 0.5) is 14.9 Å². The van der Waals surface area contributed by atoms with Gasteiger partial charge in [0.1, 0.15) is 24.3 Å². The number of fused-ring (bicyclic) bond motifs is 2. The smallest absolute Gasteiger partial charge is 0.319 e. The summed E-state index contributed by atoms with van der Waals surface area (Å²) in [5.74, 6) is -0.349. The summed E-state index contributed by atoms with van der Waals surface area (Å²) >= 11 is 0. The van der Waals surface area contributed by atoms with Gasteiger partial charge in [0.25, 0.3) is 5.91 Å². The lowest BCUT2D eigenvalue weighted by atomic mass is 9.94. The van der Waals surface area contributed by atoms with Gasteiger partial charge in [-0.05, 0) is 55.7 Å². The number of carbonyl (C=O) groups excluding carboxylic acids is 3. The van der Waals surface area contributed by atoms with Crippen molar-refractivity contribution in [2.75, 3.05) is 25.5 Å². The van der Waals surface area contributed by atoms with Crippen LogP contribution in [-0.2, 0) is 16.1 Å². The molecule has 36 heavy (non-hydrogen) atoms. The van der Waals surface area contributed by atoms with Crippen molar-refractivity contribution in [3.63, 3.8) is 0 Å². The molecule has 3 atom stereocenters. The third kappa shape index (κ3) is 6.12. The summed E-state index contributed by atoms with van der Waals surface area (Å²) in [5.41, 5.74) is 1.54. The molecule has 0 radical (unpaired) electrons. The van der Waals surface area contributed by atoms with E-state index in [-0.39, 0.29) is 55.4 Å². The van der Waals surface area contributed by atoms with Crippen LogP contribution in [0.3, 0.4) is 0 Å². The number of halogens is 1. The van der Waals surface area contributed by atoms with Crippen LogP contribution >= 0.6 is 0 Å². The summed E-state index contributed by atoms with van der Waals surface area (Å²) in [5, 5.41) is 8.17. The minimum Gasteiger partial charge on any atom is -0.490 e. The van der Waals surface area contributed by atoms with Crippen LogP contribution in [0.25, 0.3) is 0 Å². The van der Waals surface area contributed by atoms with Gasteiger partial charge in [-0.3, -0.25) is 9.59 Å². The Labute approximate surface area is 209 Å².